The van der Waals surface area contributed by atoms with Crippen LogP contribution in [0.5, 0.6) is 0 Å². The second-order valence-electron chi connectivity index (χ2n) is 7.19. The fraction of sp³-hybridized carbons (Fsp3) is 0.429. The molecule has 1 aromatic rings. The van der Waals surface area contributed by atoms with Gasteiger partial charge < -0.3 is 9.16 Å². The maximum absolute atomic E-state index is 6.52. The molecule has 0 amide bonds. The number of ether oxygens (including phenoxy) is 1. The van der Waals surface area contributed by atoms with Crippen molar-refractivity contribution >= 4 is 8.32 Å². The summed E-state index contributed by atoms with van der Waals surface area (Å²) in [5.74, 6) is 6.35. The largest absolute Gasteiger partial charge is 0.399 e. The van der Waals surface area contributed by atoms with Gasteiger partial charge in [0.05, 0.1) is 13.2 Å². The Morgan fingerprint density at radius 3 is 2.42 bits per heavy atom. The average Bonchev–Trinajstić information content (AvgIpc) is 2.52. The minimum Gasteiger partial charge on any atom is -0.399 e. The van der Waals surface area contributed by atoms with E-state index in [9.17, 15) is 0 Å². The van der Waals surface area contributed by atoms with Crippen LogP contribution in [-0.2, 0) is 9.16 Å². The van der Waals surface area contributed by atoms with Crippen LogP contribution in [0.25, 0.3) is 0 Å². The van der Waals surface area contributed by atoms with Crippen molar-refractivity contribution in [2.24, 2.45) is 0 Å². The van der Waals surface area contributed by atoms with Crippen LogP contribution in [-0.4, -0.2) is 21.5 Å². The molecule has 0 aliphatic carbocycles. The first kappa shape index (κ1) is 20.4. The van der Waals surface area contributed by atoms with Crippen molar-refractivity contribution in [2.45, 2.75) is 45.0 Å². The van der Waals surface area contributed by atoms with Gasteiger partial charge in [0, 0.05) is 0 Å². The number of hydrogen-bond acceptors (Lipinski definition) is 2. The molecule has 0 N–H and O–H groups in total. The molecule has 0 radical (unpaired) electrons. The molecule has 24 heavy (non-hydrogen) atoms. The van der Waals surface area contributed by atoms with Gasteiger partial charge in [-0.1, -0.05) is 75.1 Å². The molecule has 1 rings (SSSR count). The highest BCUT2D eigenvalue weighted by Crippen LogP contribution is 2.39. The first-order chi connectivity index (χ1) is 11.3. The molecule has 1 atom stereocenters. The first-order valence-electron chi connectivity index (χ1n) is 8.35. The molecule has 1 unspecified atom stereocenters. The zero-order chi connectivity index (χ0) is 18.1. The monoisotopic (exact) mass is 342 g/mol. The van der Waals surface area contributed by atoms with Crippen LogP contribution in [0.1, 0.15) is 32.4 Å². The van der Waals surface area contributed by atoms with Gasteiger partial charge in [0.25, 0.3) is 0 Å². The summed E-state index contributed by atoms with van der Waals surface area (Å²) in [6.45, 7) is 15.9. The lowest BCUT2D eigenvalue weighted by Gasteiger charge is -2.38. The first-order valence-corrected chi connectivity index (χ1v) is 11.3. The molecule has 1 aromatic carbocycles. The van der Waals surface area contributed by atoms with Crippen molar-refractivity contribution in [1.29, 1.82) is 0 Å². The van der Waals surface area contributed by atoms with Crippen molar-refractivity contribution in [1.82, 2.24) is 0 Å². The van der Waals surface area contributed by atoms with Crippen LogP contribution >= 0.6 is 0 Å². The molecule has 2 nitrogen and oxygen atoms in total. The van der Waals surface area contributed by atoms with Crippen LogP contribution in [0.4, 0.5) is 0 Å². The normalized spacial score (nSPS) is 13.4. The highest BCUT2D eigenvalue weighted by Gasteiger charge is 2.39. The second kappa shape index (κ2) is 9.63. The van der Waals surface area contributed by atoms with Gasteiger partial charge in [0.1, 0.15) is 6.10 Å². The third-order valence-corrected chi connectivity index (χ3v) is 8.62. The summed E-state index contributed by atoms with van der Waals surface area (Å²) in [5.41, 5.74) is 1.10. The van der Waals surface area contributed by atoms with Crippen molar-refractivity contribution < 1.29 is 9.16 Å². The molecule has 0 heterocycles. The Kier molecular flexibility index (Phi) is 8.21. The van der Waals surface area contributed by atoms with Gasteiger partial charge in [-0.05, 0) is 29.8 Å². The predicted molar refractivity (Wildman–Crippen MR) is 105 cm³/mol. The SMILES string of the molecule is C=CCOC/C=C/C#CC(O[Si](C)(C)C(C)(C)C)c1ccccc1. The fourth-order valence-corrected chi connectivity index (χ4v) is 2.87. The molecular formula is C21H30O2Si. The summed E-state index contributed by atoms with van der Waals surface area (Å²) in [5, 5.41) is 0.149. The highest BCUT2D eigenvalue weighted by molar-refractivity contribution is 6.74. The van der Waals surface area contributed by atoms with Crippen LogP contribution in [0.2, 0.25) is 18.1 Å². The minimum absolute atomic E-state index is 0.149. The van der Waals surface area contributed by atoms with Gasteiger partial charge in [-0.25, -0.2) is 0 Å². The number of allylic oxidation sites excluding steroid dienone is 1. The minimum atomic E-state index is -1.90. The van der Waals surface area contributed by atoms with E-state index in [1.165, 1.54) is 0 Å². The van der Waals surface area contributed by atoms with E-state index in [4.69, 9.17) is 9.16 Å². The summed E-state index contributed by atoms with van der Waals surface area (Å²) in [4.78, 5) is 0. The Balaban J connectivity index is 2.87. The second-order valence-corrected chi connectivity index (χ2v) is 11.9. The smallest absolute Gasteiger partial charge is 0.194 e. The molecule has 0 aromatic heterocycles. The van der Waals surface area contributed by atoms with Crippen molar-refractivity contribution in [2.75, 3.05) is 13.2 Å². The van der Waals surface area contributed by atoms with Crippen LogP contribution in [0.3, 0.4) is 0 Å². The molecule has 0 bridgehead atoms. The molecule has 0 saturated heterocycles. The third kappa shape index (κ3) is 6.88. The van der Waals surface area contributed by atoms with Gasteiger partial charge in [0.15, 0.2) is 8.32 Å². The Labute approximate surface area is 148 Å². The quantitative estimate of drug-likeness (QED) is 0.281. The topological polar surface area (TPSA) is 18.5 Å². The van der Waals surface area contributed by atoms with Crippen molar-refractivity contribution in [3.8, 4) is 11.8 Å². The van der Waals surface area contributed by atoms with E-state index in [-0.39, 0.29) is 11.1 Å². The van der Waals surface area contributed by atoms with E-state index in [0.717, 1.165) is 5.56 Å². The van der Waals surface area contributed by atoms with E-state index < -0.39 is 8.32 Å². The maximum Gasteiger partial charge on any atom is 0.194 e. The number of rotatable bonds is 7. The summed E-state index contributed by atoms with van der Waals surface area (Å²) in [7, 11) is -1.90. The Morgan fingerprint density at radius 1 is 1.17 bits per heavy atom. The lowest BCUT2D eigenvalue weighted by Crippen LogP contribution is -2.41. The summed E-state index contributed by atoms with van der Waals surface area (Å²) in [6.07, 6.45) is 5.27. The van der Waals surface area contributed by atoms with E-state index in [1.54, 1.807) is 6.08 Å². The van der Waals surface area contributed by atoms with Crippen LogP contribution < -0.4 is 0 Å². The van der Waals surface area contributed by atoms with E-state index >= 15 is 0 Å². The lowest BCUT2D eigenvalue weighted by atomic mass is 10.1. The van der Waals surface area contributed by atoms with E-state index in [2.05, 4.69) is 64.4 Å². The van der Waals surface area contributed by atoms with Gasteiger partial charge in [-0.15, -0.1) is 6.58 Å². The summed E-state index contributed by atoms with van der Waals surface area (Å²) >= 11 is 0. The van der Waals surface area contributed by atoms with Gasteiger partial charge >= 0.3 is 0 Å². The molecule has 0 aliphatic heterocycles. The molecule has 0 saturated carbocycles. The molecule has 130 valence electrons. The van der Waals surface area contributed by atoms with Gasteiger partial charge in [-0.2, -0.15) is 0 Å². The summed E-state index contributed by atoms with van der Waals surface area (Å²) < 4.78 is 11.8. The fourth-order valence-electron chi connectivity index (χ4n) is 1.73. The highest BCUT2D eigenvalue weighted by atomic mass is 28.4. The number of hydrogen-bond donors (Lipinski definition) is 0. The van der Waals surface area contributed by atoms with Gasteiger partial charge in [0.2, 0.25) is 0 Å². The van der Waals surface area contributed by atoms with E-state index in [0.29, 0.717) is 13.2 Å². The van der Waals surface area contributed by atoms with Gasteiger partial charge in [-0.3, -0.25) is 0 Å². The molecular weight excluding hydrogens is 312 g/mol. The Morgan fingerprint density at radius 2 is 1.83 bits per heavy atom. The third-order valence-electron chi connectivity index (χ3n) is 4.19. The average molecular weight is 343 g/mol. The van der Waals surface area contributed by atoms with Crippen molar-refractivity contribution in [3.63, 3.8) is 0 Å². The van der Waals surface area contributed by atoms with Crippen molar-refractivity contribution in [3.05, 3.63) is 60.7 Å². The standard InChI is InChI=1S/C21H30O2Si/c1-7-17-22-18-13-9-12-16-20(19-14-10-8-11-15-19)23-24(5,6)21(2,3)4/h7-11,13-15,20H,1,17-18H2,2-6H3/b13-9+. The Bertz CT molecular complexity index is 586. The molecule has 0 spiro atoms. The zero-order valence-electron chi connectivity index (χ0n) is 15.6. The number of benzene rings is 1. The zero-order valence-corrected chi connectivity index (χ0v) is 16.6. The van der Waals surface area contributed by atoms with E-state index in [1.807, 2.05) is 30.4 Å². The molecule has 3 heteroatoms. The maximum atomic E-state index is 6.52. The summed E-state index contributed by atoms with van der Waals surface area (Å²) in [6, 6.07) is 10.2. The predicted octanol–water partition coefficient (Wildman–Crippen LogP) is 5.51. The molecule has 0 aliphatic rings. The van der Waals surface area contributed by atoms with Crippen LogP contribution in [0, 0.1) is 11.8 Å². The Hall–Kier alpha value is -1.60. The lowest BCUT2D eigenvalue weighted by molar-refractivity contribution is 0.194. The molecule has 0 fully saturated rings. The van der Waals surface area contributed by atoms with Crippen LogP contribution in [0.15, 0.2) is 55.1 Å².